The van der Waals surface area contributed by atoms with E-state index in [1.807, 2.05) is 12.1 Å². The van der Waals surface area contributed by atoms with E-state index in [0.29, 0.717) is 5.92 Å². The molecule has 1 aliphatic carbocycles. The van der Waals surface area contributed by atoms with Crippen molar-refractivity contribution in [3.8, 4) is 5.75 Å². The molecule has 0 amide bonds. The lowest BCUT2D eigenvalue weighted by Crippen LogP contribution is -2.27. The van der Waals surface area contributed by atoms with E-state index >= 15 is 0 Å². The summed E-state index contributed by atoms with van der Waals surface area (Å²) < 4.78 is 5.65. The SMILES string of the molecule is Nc1ccc2c(c1)C(CNC1CC1)CCO2. The van der Waals surface area contributed by atoms with E-state index in [-0.39, 0.29) is 0 Å². The van der Waals surface area contributed by atoms with Crippen LogP contribution in [0.25, 0.3) is 0 Å². The summed E-state index contributed by atoms with van der Waals surface area (Å²) in [6.07, 6.45) is 3.77. The van der Waals surface area contributed by atoms with Crippen molar-refractivity contribution >= 4 is 5.69 Å². The Labute approximate surface area is 96.0 Å². The molecule has 1 aromatic carbocycles. The van der Waals surface area contributed by atoms with Crippen LogP contribution in [-0.4, -0.2) is 19.2 Å². The van der Waals surface area contributed by atoms with Crippen LogP contribution >= 0.6 is 0 Å². The second-order valence-electron chi connectivity index (χ2n) is 4.81. The minimum atomic E-state index is 0.563. The minimum Gasteiger partial charge on any atom is -0.493 e. The maximum absolute atomic E-state index is 5.84. The Hall–Kier alpha value is -1.22. The van der Waals surface area contributed by atoms with Crippen molar-refractivity contribution in [1.82, 2.24) is 5.32 Å². The van der Waals surface area contributed by atoms with E-state index in [1.54, 1.807) is 0 Å². The van der Waals surface area contributed by atoms with Crippen molar-refractivity contribution in [2.24, 2.45) is 0 Å². The number of hydrogen-bond acceptors (Lipinski definition) is 3. The number of nitrogens with two attached hydrogens (primary N) is 1. The number of nitrogens with one attached hydrogen (secondary N) is 1. The molecular weight excluding hydrogens is 200 g/mol. The monoisotopic (exact) mass is 218 g/mol. The van der Waals surface area contributed by atoms with Crippen LogP contribution in [0.2, 0.25) is 0 Å². The second-order valence-corrected chi connectivity index (χ2v) is 4.81. The van der Waals surface area contributed by atoms with Gasteiger partial charge in [-0.15, -0.1) is 0 Å². The molecule has 16 heavy (non-hydrogen) atoms. The molecule has 3 heteroatoms. The second kappa shape index (κ2) is 3.98. The van der Waals surface area contributed by atoms with E-state index in [2.05, 4.69) is 11.4 Å². The summed E-state index contributed by atoms with van der Waals surface area (Å²) in [5, 5.41) is 3.59. The molecule has 1 atom stereocenters. The third kappa shape index (κ3) is 2.00. The average Bonchev–Trinajstić information content (AvgIpc) is 3.10. The van der Waals surface area contributed by atoms with E-state index in [0.717, 1.165) is 37.1 Å². The van der Waals surface area contributed by atoms with Crippen molar-refractivity contribution < 1.29 is 4.74 Å². The predicted octanol–water partition coefficient (Wildman–Crippen LogP) is 1.89. The van der Waals surface area contributed by atoms with E-state index in [9.17, 15) is 0 Å². The number of benzene rings is 1. The topological polar surface area (TPSA) is 47.3 Å². The quantitative estimate of drug-likeness (QED) is 0.762. The molecule has 3 N–H and O–H groups in total. The summed E-state index contributed by atoms with van der Waals surface area (Å²) in [6, 6.07) is 6.74. The number of anilines is 1. The van der Waals surface area contributed by atoms with Crippen LogP contribution in [0.4, 0.5) is 5.69 Å². The highest BCUT2D eigenvalue weighted by atomic mass is 16.5. The lowest BCUT2D eigenvalue weighted by atomic mass is 9.92. The van der Waals surface area contributed by atoms with Gasteiger partial charge in [0.2, 0.25) is 0 Å². The van der Waals surface area contributed by atoms with E-state index < -0.39 is 0 Å². The first kappa shape index (κ1) is 9.97. The highest BCUT2D eigenvalue weighted by molar-refractivity contribution is 5.50. The summed E-state index contributed by atoms with van der Waals surface area (Å²) in [5.74, 6) is 1.58. The fourth-order valence-corrected chi connectivity index (χ4v) is 2.29. The van der Waals surface area contributed by atoms with Crippen LogP contribution < -0.4 is 15.8 Å². The summed E-state index contributed by atoms with van der Waals surface area (Å²) in [5.41, 5.74) is 7.95. The van der Waals surface area contributed by atoms with Crippen LogP contribution in [0.5, 0.6) is 5.75 Å². The van der Waals surface area contributed by atoms with Gasteiger partial charge in [-0.2, -0.15) is 0 Å². The lowest BCUT2D eigenvalue weighted by molar-refractivity contribution is 0.264. The number of hydrogen-bond donors (Lipinski definition) is 2. The van der Waals surface area contributed by atoms with Crippen molar-refractivity contribution in [3.63, 3.8) is 0 Å². The largest absolute Gasteiger partial charge is 0.493 e. The van der Waals surface area contributed by atoms with Crippen LogP contribution in [0.1, 0.15) is 30.7 Å². The van der Waals surface area contributed by atoms with Gasteiger partial charge in [0, 0.05) is 29.8 Å². The van der Waals surface area contributed by atoms with Crippen molar-refractivity contribution in [3.05, 3.63) is 23.8 Å². The molecular formula is C13H18N2O. The maximum Gasteiger partial charge on any atom is 0.122 e. The van der Waals surface area contributed by atoms with Gasteiger partial charge in [-0.05, 0) is 37.5 Å². The summed E-state index contributed by atoms with van der Waals surface area (Å²) in [6.45, 7) is 1.89. The van der Waals surface area contributed by atoms with Crippen molar-refractivity contribution in [1.29, 1.82) is 0 Å². The molecule has 1 fully saturated rings. The summed E-state index contributed by atoms with van der Waals surface area (Å²) >= 11 is 0. The summed E-state index contributed by atoms with van der Waals surface area (Å²) in [7, 11) is 0. The normalized spacial score (nSPS) is 23.6. The van der Waals surface area contributed by atoms with Crippen molar-refractivity contribution in [2.45, 2.75) is 31.2 Å². The van der Waals surface area contributed by atoms with Gasteiger partial charge in [-0.1, -0.05) is 0 Å². The Morgan fingerprint density at radius 3 is 3.00 bits per heavy atom. The first-order valence-electron chi connectivity index (χ1n) is 6.08. The molecule has 0 radical (unpaired) electrons. The molecule has 2 aliphatic rings. The average molecular weight is 218 g/mol. The fourth-order valence-electron chi connectivity index (χ4n) is 2.29. The molecule has 0 aromatic heterocycles. The third-order valence-corrected chi connectivity index (χ3v) is 3.43. The third-order valence-electron chi connectivity index (χ3n) is 3.43. The van der Waals surface area contributed by atoms with E-state index in [4.69, 9.17) is 10.5 Å². The Morgan fingerprint density at radius 1 is 1.31 bits per heavy atom. The van der Waals surface area contributed by atoms with Gasteiger partial charge in [0.15, 0.2) is 0 Å². The van der Waals surface area contributed by atoms with Crippen LogP contribution in [0.3, 0.4) is 0 Å². The molecule has 3 nitrogen and oxygen atoms in total. The van der Waals surface area contributed by atoms with Gasteiger partial charge in [-0.25, -0.2) is 0 Å². The Morgan fingerprint density at radius 2 is 2.19 bits per heavy atom. The highest BCUT2D eigenvalue weighted by Crippen LogP contribution is 2.35. The zero-order valence-corrected chi connectivity index (χ0v) is 9.41. The molecule has 1 aliphatic heterocycles. The molecule has 1 aromatic rings. The molecule has 0 bridgehead atoms. The van der Waals surface area contributed by atoms with Crippen LogP contribution in [0.15, 0.2) is 18.2 Å². The lowest BCUT2D eigenvalue weighted by Gasteiger charge is -2.26. The smallest absolute Gasteiger partial charge is 0.122 e. The molecule has 1 saturated carbocycles. The number of rotatable bonds is 3. The Balaban J connectivity index is 1.77. The van der Waals surface area contributed by atoms with Crippen LogP contribution in [0, 0.1) is 0 Å². The van der Waals surface area contributed by atoms with Gasteiger partial charge in [0.25, 0.3) is 0 Å². The van der Waals surface area contributed by atoms with Crippen molar-refractivity contribution in [2.75, 3.05) is 18.9 Å². The molecule has 1 unspecified atom stereocenters. The molecule has 1 heterocycles. The molecule has 86 valence electrons. The van der Waals surface area contributed by atoms with Gasteiger partial charge < -0.3 is 15.8 Å². The zero-order chi connectivity index (χ0) is 11.0. The Kier molecular flexibility index (Phi) is 2.48. The van der Waals surface area contributed by atoms with Gasteiger partial charge in [-0.3, -0.25) is 0 Å². The van der Waals surface area contributed by atoms with Crippen LogP contribution in [-0.2, 0) is 0 Å². The van der Waals surface area contributed by atoms with Gasteiger partial charge in [0.1, 0.15) is 5.75 Å². The number of nitrogen functional groups attached to an aromatic ring is 1. The van der Waals surface area contributed by atoms with Gasteiger partial charge >= 0.3 is 0 Å². The van der Waals surface area contributed by atoms with E-state index in [1.165, 1.54) is 18.4 Å². The molecule has 3 rings (SSSR count). The first-order chi connectivity index (χ1) is 7.83. The highest BCUT2D eigenvalue weighted by Gasteiger charge is 2.25. The summed E-state index contributed by atoms with van der Waals surface area (Å²) in [4.78, 5) is 0. The minimum absolute atomic E-state index is 0.563. The fraction of sp³-hybridized carbons (Fsp3) is 0.538. The predicted molar refractivity (Wildman–Crippen MR) is 64.7 cm³/mol. The Bertz CT molecular complexity index is 388. The molecule has 0 saturated heterocycles. The molecule has 0 spiro atoms. The maximum atomic E-state index is 5.84. The number of fused-ring (bicyclic) bond motifs is 1. The number of ether oxygens (including phenoxy) is 1. The van der Waals surface area contributed by atoms with Gasteiger partial charge in [0.05, 0.1) is 6.61 Å². The first-order valence-corrected chi connectivity index (χ1v) is 6.08. The standard InChI is InChI=1S/C13H18N2O/c14-10-1-4-13-12(7-10)9(5-6-16-13)8-15-11-2-3-11/h1,4,7,9,11,15H,2-3,5-6,8,14H2. The zero-order valence-electron chi connectivity index (χ0n) is 9.41.